The molecule has 0 atom stereocenters. The molecule has 0 radical (unpaired) electrons. The number of unbranched alkanes of at least 4 members (excludes halogenated alkanes) is 3. The van der Waals surface area contributed by atoms with Crippen LogP contribution in [0, 0.1) is 0 Å². The van der Waals surface area contributed by atoms with Crippen LogP contribution in [0.15, 0.2) is 0 Å². The van der Waals surface area contributed by atoms with Gasteiger partial charge in [-0.15, -0.1) is 0 Å². The van der Waals surface area contributed by atoms with Crippen LogP contribution in [0.3, 0.4) is 0 Å². The standard InChI is InChI=1S/C7H18FSi2.3C4H9.Sn/c1-9(2,3)7(8)10(4,5)6;3*1-3-4-2;/h1-6H3;3*1,3-4H2,2H3;. The molecular formula is C19H45FSi2Sn. The number of hydrogen-bond donors (Lipinski definition) is 0. The van der Waals surface area contributed by atoms with Crippen molar-refractivity contribution in [3.8, 4) is 0 Å². The molecule has 0 aliphatic carbocycles. The number of hydrogen-bond acceptors (Lipinski definition) is 0. The molecule has 0 aromatic heterocycles. The zero-order chi connectivity index (χ0) is 18.4. The van der Waals surface area contributed by atoms with Gasteiger partial charge in [-0.05, 0) is 0 Å². The van der Waals surface area contributed by atoms with Crippen LogP contribution >= 0.6 is 0 Å². The summed E-state index contributed by atoms with van der Waals surface area (Å²) >= 11 is -2.88. The first-order valence-electron chi connectivity index (χ1n) is 10.1. The van der Waals surface area contributed by atoms with E-state index in [0.29, 0.717) is 0 Å². The minimum absolute atomic E-state index is 0.672. The van der Waals surface area contributed by atoms with Gasteiger partial charge in [0.2, 0.25) is 0 Å². The van der Waals surface area contributed by atoms with Crippen LogP contribution in [0.5, 0.6) is 0 Å². The molecular weight excluding hydrogens is 422 g/mol. The van der Waals surface area contributed by atoms with Crippen molar-refractivity contribution in [2.75, 3.05) is 0 Å². The normalized spacial score (nSPS) is 14.3. The number of rotatable bonds is 12. The van der Waals surface area contributed by atoms with Gasteiger partial charge in [-0.25, -0.2) is 0 Å². The van der Waals surface area contributed by atoms with Crippen LogP contribution in [0.4, 0.5) is 4.39 Å². The van der Waals surface area contributed by atoms with E-state index in [1.54, 1.807) is 0 Å². The molecule has 0 aliphatic rings. The fourth-order valence-electron chi connectivity index (χ4n) is 5.15. The Morgan fingerprint density at radius 3 is 1.09 bits per heavy atom. The van der Waals surface area contributed by atoms with E-state index in [9.17, 15) is 0 Å². The Hall–Kier alpha value is 1.16. The first-order valence-corrected chi connectivity index (χ1v) is 24.6. The van der Waals surface area contributed by atoms with Crippen LogP contribution in [-0.2, 0) is 0 Å². The zero-order valence-corrected chi connectivity index (χ0v) is 22.6. The Morgan fingerprint density at radius 2 is 0.913 bits per heavy atom. The van der Waals surface area contributed by atoms with Gasteiger partial charge in [0.05, 0.1) is 0 Å². The molecule has 0 saturated carbocycles. The Bertz CT molecular complexity index is 295. The van der Waals surface area contributed by atoms with Gasteiger partial charge in [0.15, 0.2) is 0 Å². The third kappa shape index (κ3) is 5.57. The number of alkyl halides is 1. The van der Waals surface area contributed by atoms with Crippen molar-refractivity contribution in [2.24, 2.45) is 0 Å². The molecule has 0 N–H and O–H groups in total. The van der Waals surface area contributed by atoms with Gasteiger partial charge in [-0.2, -0.15) is 0 Å². The summed E-state index contributed by atoms with van der Waals surface area (Å²) in [6, 6.07) is 0. The van der Waals surface area contributed by atoms with Crippen molar-refractivity contribution >= 4 is 34.5 Å². The molecule has 140 valence electrons. The molecule has 0 amide bonds. The van der Waals surface area contributed by atoms with Gasteiger partial charge in [0, 0.05) is 0 Å². The van der Waals surface area contributed by atoms with E-state index in [4.69, 9.17) is 0 Å². The maximum absolute atomic E-state index is 17.3. The first-order chi connectivity index (χ1) is 10.4. The van der Waals surface area contributed by atoms with Gasteiger partial charge in [-0.1, -0.05) is 0 Å². The molecule has 23 heavy (non-hydrogen) atoms. The van der Waals surface area contributed by atoms with Gasteiger partial charge in [0.25, 0.3) is 0 Å². The molecule has 0 heterocycles. The Morgan fingerprint density at radius 1 is 0.652 bits per heavy atom. The fourth-order valence-corrected chi connectivity index (χ4v) is 63.5. The topological polar surface area (TPSA) is 0 Å². The summed E-state index contributed by atoms with van der Waals surface area (Å²) in [6.07, 6.45) is 7.57. The third-order valence-corrected chi connectivity index (χ3v) is 49.8. The molecule has 0 spiro atoms. The van der Waals surface area contributed by atoms with E-state index in [-0.39, 0.29) is 0 Å². The molecule has 0 aromatic carbocycles. The predicted octanol–water partition coefficient (Wildman–Crippen LogP) is 7.84. The zero-order valence-electron chi connectivity index (χ0n) is 17.7. The van der Waals surface area contributed by atoms with E-state index in [2.05, 4.69) is 60.1 Å². The van der Waals surface area contributed by atoms with E-state index < -0.39 is 37.5 Å². The molecule has 0 unspecified atom stereocenters. The van der Waals surface area contributed by atoms with Gasteiger partial charge in [-0.3, -0.25) is 0 Å². The van der Waals surface area contributed by atoms with Crippen molar-refractivity contribution in [1.82, 2.24) is 0 Å². The molecule has 0 rings (SSSR count). The molecule has 0 fully saturated rings. The van der Waals surface area contributed by atoms with E-state index in [1.165, 1.54) is 51.8 Å². The van der Waals surface area contributed by atoms with Crippen LogP contribution < -0.4 is 0 Å². The fraction of sp³-hybridized carbons (Fsp3) is 1.00. The Kier molecular flexibility index (Phi) is 10.2. The van der Waals surface area contributed by atoms with Gasteiger partial charge >= 0.3 is 154 Å². The van der Waals surface area contributed by atoms with Crippen LogP contribution in [0.25, 0.3) is 0 Å². The van der Waals surface area contributed by atoms with Crippen LogP contribution in [0.2, 0.25) is 52.6 Å². The van der Waals surface area contributed by atoms with Gasteiger partial charge in [0.1, 0.15) is 0 Å². The van der Waals surface area contributed by atoms with Gasteiger partial charge < -0.3 is 0 Å². The molecule has 0 nitrogen and oxygen atoms in total. The van der Waals surface area contributed by atoms with Crippen LogP contribution in [0.1, 0.15) is 59.3 Å². The SMILES string of the molecule is CCC[CH2][Sn]([CH2]CCC)([CH2]CCC)[C](F)([Si](C)(C)C)[Si](C)(C)C. The van der Waals surface area contributed by atoms with Crippen molar-refractivity contribution in [2.45, 2.75) is 115 Å². The minimum atomic E-state index is -2.88. The molecule has 4 heteroatoms. The maximum atomic E-state index is 17.3. The average molecular weight is 467 g/mol. The van der Waals surface area contributed by atoms with E-state index >= 15 is 4.39 Å². The number of halogens is 1. The summed E-state index contributed by atoms with van der Waals surface area (Å²) in [4.78, 5) is 0. The van der Waals surface area contributed by atoms with Crippen molar-refractivity contribution in [3.05, 3.63) is 0 Å². The molecule has 0 bridgehead atoms. The van der Waals surface area contributed by atoms with E-state index in [1.807, 2.05) is 0 Å². The second kappa shape index (κ2) is 9.75. The second-order valence-corrected chi connectivity index (χ2v) is 37.0. The second-order valence-electron chi connectivity index (χ2n) is 9.75. The average Bonchev–Trinajstić information content (AvgIpc) is 2.43. The summed E-state index contributed by atoms with van der Waals surface area (Å²) in [6.45, 7) is 21.0. The predicted molar refractivity (Wildman–Crippen MR) is 115 cm³/mol. The molecule has 0 saturated heterocycles. The van der Waals surface area contributed by atoms with Crippen molar-refractivity contribution in [1.29, 1.82) is 0 Å². The van der Waals surface area contributed by atoms with E-state index in [0.717, 1.165) is 0 Å². The Labute approximate surface area is 153 Å². The third-order valence-electron chi connectivity index (χ3n) is 5.82. The first kappa shape index (κ1) is 24.2. The summed E-state index contributed by atoms with van der Waals surface area (Å²) in [5.74, 6) is 0. The summed E-state index contributed by atoms with van der Waals surface area (Å²) in [5, 5.41) is 0. The Balaban J connectivity index is 6.15. The van der Waals surface area contributed by atoms with Crippen molar-refractivity contribution in [3.63, 3.8) is 0 Å². The summed E-state index contributed by atoms with van der Waals surface area (Å²) in [5.41, 5.74) is 0. The monoisotopic (exact) mass is 468 g/mol. The quantitative estimate of drug-likeness (QED) is 0.257. The summed E-state index contributed by atoms with van der Waals surface area (Å²) in [7, 11) is -3.69. The summed E-state index contributed by atoms with van der Waals surface area (Å²) < 4.78 is 20.6. The molecule has 0 aliphatic heterocycles. The molecule has 0 aromatic rings. The van der Waals surface area contributed by atoms with Crippen molar-refractivity contribution < 1.29 is 4.39 Å². The van der Waals surface area contributed by atoms with Crippen LogP contribution in [-0.4, -0.2) is 37.5 Å².